The predicted molar refractivity (Wildman–Crippen MR) is 187 cm³/mol. The van der Waals surface area contributed by atoms with Crippen molar-refractivity contribution in [2.24, 2.45) is 0 Å². The number of nitrogens with zero attached hydrogens (tertiary/aromatic N) is 1. The lowest BCUT2D eigenvalue weighted by Gasteiger charge is -2.40. The Morgan fingerprint density at radius 2 is 1.85 bits per heavy atom. The third-order valence-electron chi connectivity index (χ3n) is 7.79. The number of aliphatic hydroxyl groups is 2. The molecule has 3 atom stereocenters. The van der Waals surface area contributed by atoms with E-state index in [9.17, 15) is 24.6 Å². The SMILES string of the molecule is COc1cc(C=O)cc(I)c1O[C@H]1C=C(C(=O)NCCO)C[C@@H](N(Cc2ccc(Cl)c(Cl)c2)C(=O)c2cc3cccc(OC)c3o2)[C@@H]1O. The summed E-state index contributed by atoms with van der Waals surface area (Å²) in [6.07, 6.45) is -0.471. The standard InChI is InChI=1S/C34H31Cl2IN2O9/c1-45-26-5-3-4-20-14-29(48-31(20)26)34(44)39(16-18-6-7-22(35)23(36)10-18)25-13-21(33(43)38-8-9-40)15-27(30(25)42)47-32-24(37)11-19(17-41)12-28(32)46-2/h3-7,10-12,14-15,17,25,27,30,40,42H,8-9,13,16H2,1-2H3,(H,38,43)/t25-,27+,30+/m1/s1. The second-order valence-corrected chi connectivity index (χ2v) is 12.8. The lowest BCUT2D eigenvalue weighted by molar-refractivity contribution is -0.118. The number of carbonyl (C=O) groups excluding carboxylic acids is 3. The Labute approximate surface area is 299 Å². The Morgan fingerprint density at radius 1 is 1.08 bits per heavy atom. The van der Waals surface area contributed by atoms with E-state index in [1.807, 2.05) is 22.6 Å². The summed E-state index contributed by atoms with van der Waals surface area (Å²) in [5.41, 5.74) is 1.52. The van der Waals surface area contributed by atoms with Gasteiger partial charge in [-0.3, -0.25) is 14.4 Å². The van der Waals surface area contributed by atoms with E-state index in [4.69, 9.17) is 41.8 Å². The van der Waals surface area contributed by atoms with Crippen molar-refractivity contribution in [1.82, 2.24) is 10.2 Å². The van der Waals surface area contributed by atoms with Gasteiger partial charge in [0.25, 0.3) is 5.91 Å². The molecule has 3 N–H and O–H groups in total. The summed E-state index contributed by atoms with van der Waals surface area (Å²) in [7, 11) is 2.91. The van der Waals surface area contributed by atoms with Gasteiger partial charge in [0.1, 0.15) is 18.5 Å². The summed E-state index contributed by atoms with van der Waals surface area (Å²) in [6.45, 7) is -0.361. The third kappa shape index (κ3) is 7.57. The van der Waals surface area contributed by atoms with Gasteiger partial charge < -0.3 is 39.1 Å². The maximum atomic E-state index is 14.4. The van der Waals surface area contributed by atoms with Crippen LogP contribution in [-0.2, 0) is 11.3 Å². The molecule has 0 saturated heterocycles. The highest BCUT2D eigenvalue weighted by Crippen LogP contribution is 2.38. The van der Waals surface area contributed by atoms with E-state index in [-0.39, 0.29) is 54.0 Å². The Hall–Kier alpha value is -3.82. The van der Waals surface area contributed by atoms with Gasteiger partial charge in [-0.15, -0.1) is 0 Å². The predicted octanol–water partition coefficient (Wildman–Crippen LogP) is 5.43. The lowest BCUT2D eigenvalue weighted by Crippen LogP contribution is -2.54. The van der Waals surface area contributed by atoms with Crippen molar-refractivity contribution in [1.29, 1.82) is 0 Å². The molecule has 5 rings (SSSR count). The fraction of sp³-hybridized carbons (Fsp3) is 0.265. The number of hydrogen-bond donors (Lipinski definition) is 3. The number of furan rings is 1. The summed E-state index contributed by atoms with van der Waals surface area (Å²) < 4.78 is 23.7. The van der Waals surface area contributed by atoms with Gasteiger partial charge in [-0.05, 0) is 70.6 Å². The van der Waals surface area contributed by atoms with Crippen molar-refractivity contribution in [3.05, 3.63) is 96.7 Å². The van der Waals surface area contributed by atoms with Crippen molar-refractivity contribution in [2.45, 2.75) is 31.2 Å². The van der Waals surface area contributed by atoms with Gasteiger partial charge >= 0.3 is 0 Å². The molecular formula is C34H31Cl2IN2O9. The number of aldehydes is 1. The van der Waals surface area contributed by atoms with E-state index in [1.165, 1.54) is 31.3 Å². The Kier molecular flexibility index (Phi) is 11.5. The van der Waals surface area contributed by atoms with Crippen LogP contribution < -0.4 is 19.5 Å². The molecule has 1 aromatic heterocycles. The Balaban J connectivity index is 1.60. The number of aliphatic hydroxyl groups excluding tert-OH is 2. The van der Waals surface area contributed by atoms with Gasteiger partial charge in [0.05, 0.1) is 40.5 Å². The zero-order valence-corrected chi connectivity index (χ0v) is 29.4. The second-order valence-electron chi connectivity index (χ2n) is 10.8. The van der Waals surface area contributed by atoms with Crippen molar-refractivity contribution >= 4 is 74.9 Å². The number of nitrogens with one attached hydrogen (secondary N) is 1. The van der Waals surface area contributed by atoms with Crippen LogP contribution in [0, 0.1) is 3.57 Å². The average Bonchev–Trinajstić information content (AvgIpc) is 3.53. The first-order valence-electron chi connectivity index (χ1n) is 14.7. The quantitative estimate of drug-likeness (QED) is 0.126. The number of amides is 2. The largest absolute Gasteiger partial charge is 0.493 e. The highest BCUT2D eigenvalue weighted by molar-refractivity contribution is 14.1. The number of benzene rings is 3. The fourth-order valence-corrected chi connectivity index (χ4v) is 6.53. The van der Waals surface area contributed by atoms with Gasteiger partial charge in [-0.2, -0.15) is 0 Å². The number of halogens is 3. The van der Waals surface area contributed by atoms with Gasteiger partial charge in [0, 0.05) is 36.0 Å². The fourth-order valence-electron chi connectivity index (χ4n) is 5.46. The maximum absolute atomic E-state index is 14.4. The second kappa shape index (κ2) is 15.6. The molecule has 0 unspecified atom stereocenters. The highest BCUT2D eigenvalue weighted by atomic mass is 127. The summed E-state index contributed by atoms with van der Waals surface area (Å²) in [6, 6.07) is 13.8. The number of para-hydroxylation sites is 1. The molecule has 1 aliphatic carbocycles. The van der Waals surface area contributed by atoms with E-state index < -0.39 is 30.1 Å². The number of methoxy groups -OCH3 is 2. The minimum atomic E-state index is -1.38. The molecule has 14 heteroatoms. The van der Waals surface area contributed by atoms with Gasteiger partial charge in [-0.25, -0.2) is 0 Å². The molecule has 0 aliphatic heterocycles. The molecule has 48 heavy (non-hydrogen) atoms. The molecule has 0 saturated carbocycles. The minimum absolute atomic E-state index is 0.0134. The molecule has 0 radical (unpaired) electrons. The molecule has 0 bridgehead atoms. The van der Waals surface area contributed by atoms with E-state index in [1.54, 1.807) is 48.5 Å². The van der Waals surface area contributed by atoms with Crippen LogP contribution in [0.4, 0.5) is 0 Å². The maximum Gasteiger partial charge on any atom is 0.290 e. The Bertz CT molecular complexity index is 1880. The molecule has 4 aromatic rings. The molecule has 252 valence electrons. The van der Waals surface area contributed by atoms with Crippen LogP contribution in [0.1, 0.15) is 32.9 Å². The topological polar surface area (TPSA) is 148 Å². The van der Waals surface area contributed by atoms with Crippen LogP contribution >= 0.6 is 45.8 Å². The zero-order chi connectivity index (χ0) is 34.5. The molecule has 11 nitrogen and oxygen atoms in total. The first-order valence-corrected chi connectivity index (χ1v) is 16.5. The van der Waals surface area contributed by atoms with E-state index in [0.717, 1.165) is 0 Å². The number of ether oxygens (including phenoxy) is 3. The summed E-state index contributed by atoms with van der Waals surface area (Å²) >= 11 is 14.5. The molecule has 0 fully saturated rings. The van der Waals surface area contributed by atoms with Crippen LogP contribution in [0.25, 0.3) is 11.0 Å². The molecule has 2 amide bonds. The van der Waals surface area contributed by atoms with E-state index in [0.29, 0.717) is 42.7 Å². The summed E-state index contributed by atoms with van der Waals surface area (Å²) in [4.78, 5) is 40.6. The van der Waals surface area contributed by atoms with Crippen molar-refractivity contribution in [3.63, 3.8) is 0 Å². The van der Waals surface area contributed by atoms with Gasteiger partial charge in [-0.1, -0.05) is 41.4 Å². The van der Waals surface area contributed by atoms with Crippen LogP contribution in [0.2, 0.25) is 10.0 Å². The number of rotatable bonds is 12. The molecular weight excluding hydrogens is 778 g/mol. The van der Waals surface area contributed by atoms with Crippen molar-refractivity contribution in [2.75, 3.05) is 27.4 Å². The van der Waals surface area contributed by atoms with Gasteiger partial charge in [0.2, 0.25) is 5.91 Å². The van der Waals surface area contributed by atoms with E-state index in [2.05, 4.69) is 5.32 Å². The van der Waals surface area contributed by atoms with Crippen LogP contribution in [-0.4, -0.2) is 78.8 Å². The van der Waals surface area contributed by atoms with Crippen LogP contribution in [0.5, 0.6) is 17.2 Å². The molecule has 1 heterocycles. The molecule has 1 aliphatic rings. The first kappa shape index (κ1) is 35.5. The van der Waals surface area contributed by atoms with Crippen molar-refractivity contribution in [3.8, 4) is 17.2 Å². The van der Waals surface area contributed by atoms with Crippen LogP contribution in [0.3, 0.4) is 0 Å². The number of carbonyl (C=O) groups is 3. The average molecular weight is 809 g/mol. The molecule has 3 aromatic carbocycles. The Morgan fingerprint density at radius 3 is 2.54 bits per heavy atom. The summed E-state index contributed by atoms with van der Waals surface area (Å²) in [5, 5.41) is 25.2. The van der Waals surface area contributed by atoms with Crippen LogP contribution in [0.15, 0.2) is 70.7 Å². The minimum Gasteiger partial charge on any atom is -0.493 e. The third-order valence-corrected chi connectivity index (χ3v) is 9.33. The highest BCUT2D eigenvalue weighted by Gasteiger charge is 2.42. The zero-order valence-electron chi connectivity index (χ0n) is 25.7. The van der Waals surface area contributed by atoms with Crippen molar-refractivity contribution < 1.29 is 43.2 Å². The first-order chi connectivity index (χ1) is 23.1. The monoisotopic (exact) mass is 808 g/mol. The number of hydrogen-bond acceptors (Lipinski definition) is 9. The number of fused-ring (bicyclic) bond motifs is 1. The summed E-state index contributed by atoms with van der Waals surface area (Å²) in [5.74, 6) is -0.224. The normalized spacial score (nSPS) is 17.4. The lowest BCUT2D eigenvalue weighted by atomic mass is 9.87. The van der Waals surface area contributed by atoms with E-state index >= 15 is 0 Å². The molecule has 0 spiro atoms. The van der Waals surface area contributed by atoms with Gasteiger partial charge in [0.15, 0.2) is 28.6 Å². The smallest absolute Gasteiger partial charge is 0.290 e.